The summed E-state index contributed by atoms with van der Waals surface area (Å²) in [5, 5.41) is 2.77. The standard InChI is InChI=1S/C18H23N5O3/c1-3-19-16(24)12-21-6-8-22(9-7-21)17(25)14-10-20-15-5-4-13(2)11-23(15)18(14)26/h4-5,10-11H,3,6-9,12H2,1-2H3,(H,19,24). The van der Waals surface area contributed by atoms with Gasteiger partial charge >= 0.3 is 0 Å². The summed E-state index contributed by atoms with van der Waals surface area (Å²) in [6.07, 6.45) is 3.04. The van der Waals surface area contributed by atoms with Crippen molar-refractivity contribution < 1.29 is 9.59 Å². The van der Waals surface area contributed by atoms with E-state index in [1.165, 1.54) is 10.6 Å². The van der Waals surface area contributed by atoms with E-state index in [4.69, 9.17) is 0 Å². The first-order chi connectivity index (χ1) is 12.5. The van der Waals surface area contributed by atoms with E-state index in [0.29, 0.717) is 44.9 Å². The normalized spacial score (nSPS) is 15.2. The molecule has 2 amide bonds. The molecular formula is C18H23N5O3. The van der Waals surface area contributed by atoms with Gasteiger partial charge in [0.25, 0.3) is 11.5 Å². The molecule has 0 atom stereocenters. The number of nitrogens with zero attached hydrogens (tertiary/aromatic N) is 4. The Morgan fingerprint density at radius 3 is 2.62 bits per heavy atom. The highest BCUT2D eigenvalue weighted by Gasteiger charge is 2.25. The van der Waals surface area contributed by atoms with Gasteiger partial charge in [-0.25, -0.2) is 4.98 Å². The van der Waals surface area contributed by atoms with Gasteiger partial charge in [0.2, 0.25) is 5.91 Å². The third-order valence-electron chi connectivity index (χ3n) is 4.48. The van der Waals surface area contributed by atoms with E-state index >= 15 is 0 Å². The minimum absolute atomic E-state index is 0.0142. The largest absolute Gasteiger partial charge is 0.355 e. The van der Waals surface area contributed by atoms with E-state index in [2.05, 4.69) is 10.3 Å². The number of amides is 2. The van der Waals surface area contributed by atoms with E-state index < -0.39 is 0 Å². The van der Waals surface area contributed by atoms with Crippen LogP contribution in [-0.4, -0.2) is 70.3 Å². The molecule has 26 heavy (non-hydrogen) atoms. The molecule has 1 aliphatic heterocycles. The van der Waals surface area contributed by atoms with Crippen LogP contribution in [0.2, 0.25) is 0 Å². The Kier molecular flexibility index (Phi) is 5.32. The van der Waals surface area contributed by atoms with E-state index in [0.717, 1.165) is 5.56 Å². The van der Waals surface area contributed by atoms with Crippen molar-refractivity contribution in [1.29, 1.82) is 0 Å². The SMILES string of the molecule is CCNC(=O)CN1CCN(C(=O)c2cnc3ccc(C)cn3c2=O)CC1. The number of carbonyl (C=O) groups excluding carboxylic acids is 2. The van der Waals surface area contributed by atoms with Crippen molar-refractivity contribution in [2.45, 2.75) is 13.8 Å². The van der Waals surface area contributed by atoms with Crippen LogP contribution in [0.5, 0.6) is 0 Å². The molecule has 0 bridgehead atoms. The van der Waals surface area contributed by atoms with Crippen LogP contribution in [0.4, 0.5) is 0 Å². The molecule has 0 saturated carbocycles. The van der Waals surface area contributed by atoms with E-state index in [-0.39, 0.29) is 22.9 Å². The number of rotatable bonds is 4. The number of pyridine rings is 1. The molecule has 0 unspecified atom stereocenters. The topological polar surface area (TPSA) is 87.0 Å². The maximum Gasteiger partial charge on any atom is 0.270 e. The highest BCUT2D eigenvalue weighted by Crippen LogP contribution is 2.07. The number of hydrogen-bond donors (Lipinski definition) is 1. The summed E-state index contributed by atoms with van der Waals surface area (Å²) in [5.41, 5.74) is 1.16. The molecule has 1 saturated heterocycles. The Balaban J connectivity index is 1.71. The Morgan fingerprint density at radius 1 is 1.19 bits per heavy atom. The maximum absolute atomic E-state index is 12.8. The second-order valence-corrected chi connectivity index (χ2v) is 6.43. The first-order valence-electron chi connectivity index (χ1n) is 8.76. The van der Waals surface area contributed by atoms with Crippen LogP contribution in [0.3, 0.4) is 0 Å². The number of likely N-dealkylation sites (N-methyl/N-ethyl adjacent to an activating group) is 1. The van der Waals surface area contributed by atoms with E-state index in [1.54, 1.807) is 17.2 Å². The van der Waals surface area contributed by atoms with Gasteiger partial charge in [-0.1, -0.05) is 6.07 Å². The van der Waals surface area contributed by atoms with E-state index in [9.17, 15) is 14.4 Å². The molecular weight excluding hydrogens is 334 g/mol. The molecule has 2 aromatic heterocycles. The lowest BCUT2D eigenvalue weighted by Crippen LogP contribution is -2.51. The molecule has 1 N–H and O–H groups in total. The second-order valence-electron chi connectivity index (χ2n) is 6.43. The van der Waals surface area contributed by atoms with Gasteiger partial charge in [0.05, 0.1) is 6.54 Å². The molecule has 2 aromatic rings. The lowest BCUT2D eigenvalue weighted by Gasteiger charge is -2.34. The third-order valence-corrected chi connectivity index (χ3v) is 4.48. The van der Waals surface area contributed by atoms with Crippen molar-refractivity contribution >= 4 is 17.5 Å². The predicted octanol–water partition coefficient (Wildman–Crippen LogP) is -0.103. The van der Waals surface area contributed by atoms with Gasteiger partial charge in [0.15, 0.2) is 0 Å². The zero-order valence-corrected chi connectivity index (χ0v) is 15.1. The van der Waals surface area contributed by atoms with Gasteiger partial charge in [-0.3, -0.25) is 23.7 Å². The van der Waals surface area contributed by atoms with Crippen LogP contribution in [0, 0.1) is 6.92 Å². The molecule has 8 nitrogen and oxygen atoms in total. The van der Waals surface area contributed by atoms with Crippen molar-refractivity contribution in [3.8, 4) is 0 Å². The quantitative estimate of drug-likeness (QED) is 0.826. The molecule has 0 aliphatic carbocycles. The third kappa shape index (κ3) is 3.75. The van der Waals surface area contributed by atoms with Crippen molar-refractivity contribution in [1.82, 2.24) is 24.5 Å². The lowest BCUT2D eigenvalue weighted by atomic mass is 10.2. The van der Waals surface area contributed by atoms with Gasteiger partial charge in [-0.05, 0) is 25.5 Å². The number of piperazine rings is 1. The van der Waals surface area contributed by atoms with Crippen LogP contribution < -0.4 is 10.9 Å². The lowest BCUT2D eigenvalue weighted by molar-refractivity contribution is -0.122. The Morgan fingerprint density at radius 2 is 1.92 bits per heavy atom. The molecule has 138 valence electrons. The molecule has 1 aliphatic rings. The summed E-state index contributed by atoms with van der Waals surface area (Å²) >= 11 is 0. The Bertz CT molecular complexity index is 884. The Labute approximate surface area is 151 Å². The zero-order valence-electron chi connectivity index (χ0n) is 15.1. The zero-order chi connectivity index (χ0) is 18.7. The second kappa shape index (κ2) is 7.65. The average Bonchev–Trinajstić information content (AvgIpc) is 2.63. The van der Waals surface area contributed by atoms with Gasteiger partial charge in [-0.2, -0.15) is 0 Å². The number of aromatic nitrogens is 2. The summed E-state index contributed by atoms with van der Waals surface area (Å²) in [6.45, 7) is 6.86. The van der Waals surface area contributed by atoms with Crippen LogP contribution >= 0.6 is 0 Å². The van der Waals surface area contributed by atoms with Gasteiger partial charge < -0.3 is 10.2 Å². The fraction of sp³-hybridized carbons (Fsp3) is 0.444. The summed E-state index contributed by atoms with van der Waals surface area (Å²) in [4.78, 5) is 45.0. The molecule has 0 aromatic carbocycles. The van der Waals surface area contributed by atoms with Gasteiger partial charge in [0, 0.05) is 45.1 Å². The Hall–Kier alpha value is -2.74. The van der Waals surface area contributed by atoms with E-state index in [1.807, 2.05) is 24.8 Å². The summed E-state index contributed by atoms with van der Waals surface area (Å²) in [6, 6.07) is 3.63. The molecule has 0 spiro atoms. The van der Waals surface area contributed by atoms with Crippen molar-refractivity contribution in [2.24, 2.45) is 0 Å². The maximum atomic E-state index is 12.8. The fourth-order valence-corrected chi connectivity index (χ4v) is 3.06. The summed E-state index contributed by atoms with van der Waals surface area (Å²) in [7, 11) is 0. The molecule has 8 heteroatoms. The number of carbonyl (C=O) groups is 2. The fourth-order valence-electron chi connectivity index (χ4n) is 3.06. The van der Waals surface area contributed by atoms with Crippen LogP contribution in [0.15, 0.2) is 29.3 Å². The predicted molar refractivity (Wildman–Crippen MR) is 97.2 cm³/mol. The van der Waals surface area contributed by atoms with Crippen LogP contribution in [-0.2, 0) is 4.79 Å². The van der Waals surface area contributed by atoms with Gasteiger partial charge in [-0.15, -0.1) is 0 Å². The number of fused-ring (bicyclic) bond motifs is 1. The smallest absolute Gasteiger partial charge is 0.270 e. The number of nitrogens with one attached hydrogen (secondary N) is 1. The highest BCUT2D eigenvalue weighted by molar-refractivity contribution is 5.93. The monoisotopic (exact) mass is 357 g/mol. The molecule has 3 heterocycles. The van der Waals surface area contributed by atoms with Crippen LogP contribution in [0.25, 0.3) is 5.65 Å². The van der Waals surface area contributed by atoms with Crippen molar-refractivity contribution in [3.05, 3.63) is 46.0 Å². The molecule has 1 fully saturated rings. The molecule has 3 rings (SSSR count). The van der Waals surface area contributed by atoms with Gasteiger partial charge in [0.1, 0.15) is 11.2 Å². The highest BCUT2D eigenvalue weighted by atomic mass is 16.2. The first-order valence-corrected chi connectivity index (χ1v) is 8.76. The first kappa shape index (κ1) is 18.1. The number of hydrogen-bond acceptors (Lipinski definition) is 5. The number of aryl methyl sites for hydroxylation is 1. The summed E-state index contributed by atoms with van der Waals surface area (Å²) in [5.74, 6) is -0.323. The van der Waals surface area contributed by atoms with Crippen LogP contribution in [0.1, 0.15) is 22.8 Å². The average molecular weight is 357 g/mol. The molecule has 0 radical (unpaired) electrons. The van der Waals surface area contributed by atoms with Crippen molar-refractivity contribution in [2.75, 3.05) is 39.3 Å². The van der Waals surface area contributed by atoms with Crippen molar-refractivity contribution in [3.63, 3.8) is 0 Å². The summed E-state index contributed by atoms with van der Waals surface area (Å²) < 4.78 is 1.41. The minimum Gasteiger partial charge on any atom is -0.355 e. The minimum atomic E-state index is -0.353.